The molecule has 3 amide bonds. The summed E-state index contributed by atoms with van der Waals surface area (Å²) in [7, 11) is 0. The lowest BCUT2D eigenvalue weighted by Crippen LogP contribution is -2.40. The van der Waals surface area contributed by atoms with Crippen molar-refractivity contribution >= 4 is 29.5 Å². The first-order valence-electron chi connectivity index (χ1n) is 8.40. The molecule has 7 heteroatoms. The summed E-state index contributed by atoms with van der Waals surface area (Å²) in [5.74, 6) is -0.708. The minimum atomic E-state index is -0.503. The number of nitrogens with one attached hydrogen (secondary N) is 3. The average Bonchev–Trinajstić information content (AvgIpc) is 3.25. The number of hydrazine groups is 1. The fourth-order valence-corrected chi connectivity index (χ4v) is 2.27. The van der Waals surface area contributed by atoms with E-state index in [2.05, 4.69) is 16.2 Å². The van der Waals surface area contributed by atoms with Crippen molar-refractivity contribution in [1.29, 1.82) is 0 Å². The Balaban J connectivity index is 1.50. The first-order valence-corrected chi connectivity index (χ1v) is 8.40. The van der Waals surface area contributed by atoms with E-state index in [0.717, 1.165) is 0 Å². The molecular formula is C21H17N3O4. The van der Waals surface area contributed by atoms with E-state index in [1.165, 1.54) is 18.4 Å². The van der Waals surface area contributed by atoms with Crippen molar-refractivity contribution < 1.29 is 18.8 Å². The van der Waals surface area contributed by atoms with Crippen LogP contribution >= 0.6 is 0 Å². The second-order valence-corrected chi connectivity index (χ2v) is 5.69. The van der Waals surface area contributed by atoms with E-state index in [0.29, 0.717) is 22.6 Å². The van der Waals surface area contributed by atoms with Gasteiger partial charge in [-0.2, -0.15) is 0 Å². The number of furan rings is 1. The number of rotatable bonds is 5. The van der Waals surface area contributed by atoms with Crippen LogP contribution in [0.2, 0.25) is 0 Å². The fourth-order valence-electron chi connectivity index (χ4n) is 2.27. The quantitative estimate of drug-likeness (QED) is 0.471. The highest BCUT2D eigenvalue weighted by Crippen LogP contribution is 2.11. The van der Waals surface area contributed by atoms with Crippen LogP contribution in [-0.2, 0) is 4.79 Å². The van der Waals surface area contributed by atoms with Gasteiger partial charge in [-0.25, -0.2) is 0 Å². The molecule has 3 aromatic rings. The molecule has 0 unspecified atom stereocenters. The number of anilines is 1. The summed E-state index contributed by atoms with van der Waals surface area (Å²) in [6.07, 6.45) is 4.21. The van der Waals surface area contributed by atoms with Gasteiger partial charge in [-0.1, -0.05) is 18.2 Å². The number of hydrogen-bond donors (Lipinski definition) is 3. The molecule has 0 saturated carbocycles. The maximum absolute atomic E-state index is 12.1. The van der Waals surface area contributed by atoms with Crippen LogP contribution in [0, 0.1) is 0 Å². The van der Waals surface area contributed by atoms with E-state index in [1.54, 1.807) is 60.7 Å². The molecule has 0 aliphatic heterocycles. The maximum Gasteiger partial charge on any atom is 0.269 e. The van der Waals surface area contributed by atoms with E-state index >= 15 is 0 Å². The minimum absolute atomic E-state index is 0.242. The minimum Gasteiger partial charge on any atom is -0.465 e. The molecule has 0 aliphatic carbocycles. The number of carbonyl (C=O) groups excluding carboxylic acids is 3. The SMILES string of the molecule is O=C(/C=C/c1ccco1)NNC(=O)c1ccc(NC(=O)c2ccccc2)cc1. The second kappa shape index (κ2) is 9.00. The zero-order valence-electron chi connectivity index (χ0n) is 14.7. The summed E-state index contributed by atoms with van der Waals surface area (Å²) in [4.78, 5) is 35.9. The summed E-state index contributed by atoms with van der Waals surface area (Å²) in [5.41, 5.74) is 6.00. The lowest BCUT2D eigenvalue weighted by molar-refractivity contribution is -0.117. The molecule has 0 saturated heterocycles. The molecule has 1 heterocycles. The fraction of sp³-hybridized carbons (Fsp3) is 0. The van der Waals surface area contributed by atoms with Crippen LogP contribution in [0.4, 0.5) is 5.69 Å². The Bertz CT molecular complexity index is 978. The van der Waals surface area contributed by atoms with E-state index < -0.39 is 11.8 Å². The topological polar surface area (TPSA) is 100 Å². The highest BCUT2D eigenvalue weighted by atomic mass is 16.3. The molecule has 0 fully saturated rings. The third kappa shape index (κ3) is 5.18. The summed E-state index contributed by atoms with van der Waals surface area (Å²) in [5, 5.41) is 2.75. The summed E-state index contributed by atoms with van der Waals surface area (Å²) in [6.45, 7) is 0. The van der Waals surface area contributed by atoms with Crippen LogP contribution in [0.3, 0.4) is 0 Å². The largest absolute Gasteiger partial charge is 0.465 e. The molecule has 0 atom stereocenters. The first kappa shape index (κ1) is 18.7. The van der Waals surface area contributed by atoms with Crippen molar-refractivity contribution in [3.8, 4) is 0 Å². The van der Waals surface area contributed by atoms with Gasteiger partial charge in [0, 0.05) is 22.9 Å². The lowest BCUT2D eigenvalue weighted by atomic mass is 10.1. The van der Waals surface area contributed by atoms with Crippen LogP contribution in [0.15, 0.2) is 83.5 Å². The molecule has 7 nitrogen and oxygen atoms in total. The molecule has 0 radical (unpaired) electrons. The van der Waals surface area contributed by atoms with Crippen LogP contribution < -0.4 is 16.2 Å². The van der Waals surface area contributed by atoms with Gasteiger partial charge in [-0.05, 0) is 54.6 Å². The molecule has 1 aromatic heterocycles. The molecule has 140 valence electrons. The smallest absolute Gasteiger partial charge is 0.269 e. The normalized spacial score (nSPS) is 10.4. The number of hydrogen-bond acceptors (Lipinski definition) is 4. The van der Waals surface area contributed by atoms with Gasteiger partial charge in [0.05, 0.1) is 6.26 Å². The van der Waals surface area contributed by atoms with E-state index in [-0.39, 0.29) is 5.91 Å². The van der Waals surface area contributed by atoms with Crippen molar-refractivity contribution in [2.24, 2.45) is 0 Å². The van der Waals surface area contributed by atoms with Crippen LogP contribution in [0.1, 0.15) is 26.5 Å². The predicted octanol–water partition coefficient (Wildman–Crippen LogP) is 3.01. The number of amides is 3. The molecule has 2 aromatic carbocycles. The van der Waals surface area contributed by atoms with E-state index in [9.17, 15) is 14.4 Å². The van der Waals surface area contributed by atoms with Crippen LogP contribution in [0.25, 0.3) is 6.08 Å². The summed E-state index contributed by atoms with van der Waals surface area (Å²) in [6, 6.07) is 18.5. The third-order valence-corrected chi connectivity index (χ3v) is 3.68. The highest BCUT2D eigenvalue weighted by molar-refractivity contribution is 6.04. The van der Waals surface area contributed by atoms with Gasteiger partial charge in [0.25, 0.3) is 17.7 Å². The van der Waals surface area contributed by atoms with Gasteiger partial charge in [-0.15, -0.1) is 0 Å². The third-order valence-electron chi connectivity index (χ3n) is 3.68. The average molecular weight is 375 g/mol. The van der Waals surface area contributed by atoms with Gasteiger partial charge in [0.2, 0.25) is 0 Å². The molecule has 0 aliphatic rings. The highest BCUT2D eigenvalue weighted by Gasteiger charge is 2.08. The maximum atomic E-state index is 12.1. The summed E-state index contributed by atoms with van der Waals surface area (Å²) >= 11 is 0. The monoisotopic (exact) mass is 375 g/mol. The van der Waals surface area contributed by atoms with Gasteiger partial charge in [0.15, 0.2) is 0 Å². The Morgan fingerprint density at radius 1 is 0.750 bits per heavy atom. The van der Waals surface area contributed by atoms with Crippen LogP contribution in [0.5, 0.6) is 0 Å². The van der Waals surface area contributed by atoms with Crippen molar-refractivity contribution in [1.82, 2.24) is 10.9 Å². The Kier molecular flexibility index (Phi) is 5.99. The number of carbonyl (C=O) groups is 3. The molecule has 0 bridgehead atoms. The molecule has 3 rings (SSSR count). The molecule has 28 heavy (non-hydrogen) atoms. The van der Waals surface area contributed by atoms with Gasteiger partial charge in [0.1, 0.15) is 5.76 Å². The van der Waals surface area contributed by atoms with E-state index in [4.69, 9.17) is 4.42 Å². The molecule has 3 N–H and O–H groups in total. The first-order chi connectivity index (χ1) is 13.6. The molecular weight excluding hydrogens is 358 g/mol. The van der Waals surface area contributed by atoms with Crippen LogP contribution in [-0.4, -0.2) is 17.7 Å². The van der Waals surface area contributed by atoms with E-state index in [1.807, 2.05) is 6.07 Å². The Hall–Kier alpha value is -4.13. The zero-order chi connectivity index (χ0) is 19.8. The summed E-state index contributed by atoms with van der Waals surface area (Å²) < 4.78 is 5.06. The van der Waals surface area contributed by atoms with Crippen molar-refractivity contribution in [3.05, 3.63) is 96.0 Å². The Labute approximate surface area is 161 Å². The molecule has 0 spiro atoms. The lowest BCUT2D eigenvalue weighted by Gasteiger charge is -2.08. The number of benzene rings is 2. The standard InChI is InChI=1S/C21H17N3O4/c25-19(13-12-18-7-4-14-28-18)23-24-21(27)16-8-10-17(11-9-16)22-20(26)15-5-2-1-3-6-15/h1-14H,(H,22,26)(H,23,25)(H,24,27)/b13-12+. The second-order valence-electron chi connectivity index (χ2n) is 5.69. The van der Waals surface area contributed by atoms with Crippen molar-refractivity contribution in [2.75, 3.05) is 5.32 Å². The Morgan fingerprint density at radius 2 is 1.46 bits per heavy atom. The van der Waals surface area contributed by atoms with Crippen molar-refractivity contribution in [2.45, 2.75) is 0 Å². The van der Waals surface area contributed by atoms with Gasteiger partial charge >= 0.3 is 0 Å². The van der Waals surface area contributed by atoms with Crippen molar-refractivity contribution in [3.63, 3.8) is 0 Å². The zero-order valence-corrected chi connectivity index (χ0v) is 14.7. The van der Waals surface area contributed by atoms with Gasteiger partial charge in [-0.3, -0.25) is 25.2 Å². The Morgan fingerprint density at radius 3 is 2.14 bits per heavy atom. The van der Waals surface area contributed by atoms with Gasteiger partial charge < -0.3 is 9.73 Å². The predicted molar refractivity (Wildman–Crippen MR) is 104 cm³/mol.